The van der Waals surface area contributed by atoms with Crippen molar-refractivity contribution < 1.29 is 29.0 Å². The van der Waals surface area contributed by atoms with Gasteiger partial charge in [0.25, 0.3) is 11.8 Å². The fourth-order valence-corrected chi connectivity index (χ4v) is 2.43. The maximum absolute atomic E-state index is 12.3. The highest BCUT2D eigenvalue weighted by atomic mass is 16.5. The van der Waals surface area contributed by atoms with Crippen LogP contribution in [-0.4, -0.2) is 54.9 Å². The van der Waals surface area contributed by atoms with Crippen LogP contribution in [0.2, 0.25) is 0 Å². The quantitative estimate of drug-likeness (QED) is 0.449. The lowest BCUT2D eigenvalue weighted by Crippen LogP contribution is -2.44. The highest BCUT2D eigenvalue weighted by molar-refractivity contribution is 5.99. The van der Waals surface area contributed by atoms with Crippen LogP contribution in [-0.2, 0) is 19.1 Å². The number of ether oxygens (including phenoxy) is 2. The third-order valence-corrected chi connectivity index (χ3v) is 3.74. The van der Waals surface area contributed by atoms with Gasteiger partial charge in [-0.1, -0.05) is 12.1 Å². The minimum absolute atomic E-state index is 0.178. The molecule has 3 N–H and O–H groups in total. The lowest BCUT2D eigenvalue weighted by atomic mass is 10.1. The van der Waals surface area contributed by atoms with Crippen LogP contribution >= 0.6 is 0 Å². The second-order valence-electron chi connectivity index (χ2n) is 5.76. The molecule has 0 radical (unpaired) electrons. The number of carbonyl (C=O) groups is 3. The van der Waals surface area contributed by atoms with Gasteiger partial charge in [-0.15, -0.1) is 6.58 Å². The minimum atomic E-state index is -1.20. The molecule has 1 saturated heterocycles. The van der Waals surface area contributed by atoms with E-state index in [0.717, 1.165) is 6.42 Å². The van der Waals surface area contributed by atoms with Gasteiger partial charge >= 0.3 is 5.97 Å². The summed E-state index contributed by atoms with van der Waals surface area (Å²) in [7, 11) is 0. The first-order chi connectivity index (χ1) is 12.5. The molecule has 0 saturated carbocycles. The van der Waals surface area contributed by atoms with Gasteiger partial charge in [0.2, 0.25) is 0 Å². The smallest absolute Gasteiger partial charge is 0.328 e. The van der Waals surface area contributed by atoms with Crippen LogP contribution in [0.15, 0.2) is 36.9 Å². The average molecular weight is 362 g/mol. The van der Waals surface area contributed by atoms with Crippen molar-refractivity contribution in [2.24, 2.45) is 0 Å². The van der Waals surface area contributed by atoms with Crippen molar-refractivity contribution in [1.29, 1.82) is 0 Å². The number of carboxylic acids is 1. The zero-order valence-corrected chi connectivity index (χ0v) is 14.3. The fraction of sp³-hybridized carbons (Fsp3) is 0.389. The summed E-state index contributed by atoms with van der Waals surface area (Å²) in [6.07, 6.45) is 2.51. The van der Waals surface area contributed by atoms with E-state index >= 15 is 0 Å². The molecule has 2 amide bonds. The molecule has 2 atom stereocenters. The summed E-state index contributed by atoms with van der Waals surface area (Å²) in [6, 6.07) is 5.06. The predicted molar refractivity (Wildman–Crippen MR) is 94.0 cm³/mol. The Morgan fingerprint density at radius 2 is 2.23 bits per heavy atom. The molecule has 2 rings (SSSR count). The van der Waals surface area contributed by atoms with Crippen molar-refractivity contribution in [2.75, 3.05) is 25.1 Å². The number of anilines is 1. The summed E-state index contributed by atoms with van der Waals surface area (Å²) in [5, 5.41) is 14.3. The molecule has 0 bridgehead atoms. The number of carboxylic acid groups (broad SMARTS) is 1. The molecule has 8 heteroatoms. The van der Waals surface area contributed by atoms with Gasteiger partial charge in [-0.25, -0.2) is 4.79 Å². The zero-order chi connectivity index (χ0) is 18.9. The maximum atomic E-state index is 12.3. The number of aliphatic carboxylic acids is 1. The van der Waals surface area contributed by atoms with Crippen LogP contribution in [0.4, 0.5) is 5.69 Å². The molecule has 1 aromatic carbocycles. The van der Waals surface area contributed by atoms with E-state index in [1.165, 1.54) is 18.2 Å². The third kappa shape index (κ3) is 5.68. The van der Waals surface area contributed by atoms with Gasteiger partial charge in [-0.2, -0.15) is 0 Å². The number of benzene rings is 1. The lowest BCUT2D eigenvalue weighted by Gasteiger charge is -2.15. The lowest BCUT2D eigenvalue weighted by molar-refractivity contribution is -0.140. The van der Waals surface area contributed by atoms with Crippen molar-refractivity contribution in [3.8, 4) is 0 Å². The van der Waals surface area contributed by atoms with Crippen molar-refractivity contribution in [3.05, 3.63) is 42.5 Å². The van der Waals surface area contributed by atoms with Crippen molar-refractivity contribution in [1.82, 2.24) is 5.32 Å². The van der Waals surface area contributed by atoms with Gasteiger partial charge in [0, 0.05) is 17.9 Å². The molecule has 140 valence electrons. The van der Waals surface area contributed by atoms with E-state index in [2.05, 4.69) is 17.2 Å². The monoisotopic (exact) mass is 362 g/mol. The maximum Gasteiger partial charge on any atom is 0.328 e. The molecular weight excluding hydrogens is 340 g/mol. The Labute approximate surface area is 151 Å². The number of carbonyl (C=O) groups excluding carboxylic acids is 2. The van der Waals surface area contributed by atoms with Gasteiger partial charge in [-0.3, -0.25) is 9.59 Å². The third-order valence-electron chi connectivity index (χ3n) is 3.74. The van der Waals surface area contributed by atoms with Crippen LogP contribution in [0.5, 0.6) is 0 Å². The molecule has 0 aliphatic carbocycles. The summed E-state index contributed by atoms with van der Waals surface area (Å²) in [4.78, 5) is 35.6. The molecule has 0 spiro atoms. The summed E-state index contributed by atoms with van der Waals surface area (Å²) >= 11 is 0. The van der Waals surface area contributed by atoms with Gasteiger partial charge < -0.3 is 25.2 Å². The molecular formula is C18H22N2O6. The van der Waals surface area contributed by atoms with E-state index in [9.17, 15) is 19.5 Å². The highest BCUT2D eigenvalue weighted by Crippen LogP contribution is 2.16. The van der Waals surface area contributed by atoms with Crippen LogP contribution in [0.3, 0.4) is 0 Å². The Kier molecular flexibility index (Phi) is 7.31. The summed E-state index contributed by atoms with van der Waals surface area (Å²) in [6.45, 7) is 4.04. The largest absolute Gasteiger partial charge is 0.480 e. The first-order valence-corrected chi connectivity index (χ1v) is 8.26. The van der Waals surface area contributed by atoms with Crippen LogP contribution in [0.25, 0.3) is 0 Å². The predicted octanol–water partition coefficient (Wildman–Crippen LogP) is 1.19. The molecule has 0 aromatic heterocycles. The average Bonchev–Trinajstić information content (AvgIpc) is 3.16. The fourth-order valence-electron chi connectivity index (χ4n) is 2.43. The normalized spacial score (nSPS) is 17.3. The Morgan fingerprint density at radius 1 is 1.42 bits per heavy atom. The highest BCUT2D eigenvalue weighted by Gasteiger charge is 2.24. The van der Waals surface area contributed by atoms with E-state index in [-0.39, 0.29) is 24.7 Å². The molecule has 1 heterocycles. The Hall–Kier alpha value is -2.71. The molecule has 1 aliphatic rings. The van der Waals surface area contributed by atoms with E-state index in [1.807, 2.05) is 0 Å². The van der Waals surface area contributed by atoms with Crippen molar-refractivity contribution >= 4 is 23.5 Å². The number of rotatable bonds is 9. The zero-order valence-electron chi connectivity index (χ0n) is 14.3. The van der Waals surface area contributed by atoms with Crippen LogP contribution in [0, 0.1) is 0 Å². The van der Waals surface area contributed by atoms with Gasteiger partial charge in [-0.05, 0) is 31.0 Å². The van der Waals surface area contributed by atoms with Crippen LogP contribution in [0.1, 0.15) is 23.2 Å². The Bertz CT molecular complexity index is 669. The minimum Gasteiger partial charge on any atom is -0.480 e. The second kappa shape index (κ2) is 9.69. The van der Waals surface area contributed by atoms with Crippen LogP contribution < -0.4 is 10.6 Å². The topological polar surface area (TPSA) is 114 Å². The standard InChI is InChI=1S/C18H22N2O6/c1-2-8-25-11-14(18(23)24)20-16(21)12-5-3-6-13(10-12)19-17(22)15-7-4-9-26-15/h2-3,5-6,10,14-15H,1,4,7-9,11H2,(H,19,22)(H,20,21)(H,23,24). The van der Waals surface area contributed by atoms with Crippen molar-refractivity contribution in [3.63, 3.8) is 0 Å². The SMILES string of the molecule is C=CCOCC(NC(=O)c1cccc(NC(=O)C2CCCO2)c1)C(=O)O. The van der Waals surface area contributed by atoms with E-state index in [4.69, 9.17) is 9.47 Å². The van der Waals surface area contributed by atoms with Gasteiger partial charge in [0.1, 0.15) is 6.10 Å². The molecule has 1 aromatic rings. The molecule has 26 heavy (non-hydrogen) atoms. The second-order valence-corrected chi connectivity index (χ2v) is 5.76. The summed E-state index contributed by atoms with van der Waals surface area (Å²) in [5.41, 5.74) is 0.665. The summed E-state index contributed by atoms with van der Waals surface area (Å²) in [5.74, 6) is -2.04. The molecule has 2 unspecified atom stereocenters. The van der Waals surface area contributed by atoms with E-state index < -0.39 is 24.0 Å². The Morgan fingerprint density at radius 3 is 2.88 bits per heavy atom. The van der Waals surface area contributed by atoms with E-state index in [0.29, 0.717) is 18.7 Å². The molecule has 1 aliphatic heterocycles. The first kappa shape index (κ1) is 19.6. The Balaban J connectivity index is 1.98. The van der Waals surface area contributed by atoms with Gasteiger partial charge in [0.05, 0.1) is 13.2 Å². The number of amides is 2. The summed E-state index contributed by atoms with van der Waals surface area (Å²) < 4.78 is 10.4. The van der Waals surface area contributed by atoms with Gasteiger partial charge in [0.15, 0.2) is 6.04 Å². The first-order valence-electron chi connectivity index (χ1n) is 8.26. The number of hydrogen-bond acceptors (Lipinski definition) is 5. The van der Waals surface area contributed by atoms with Crippen molar-refractivity contribution in [2.45, 2.75) is 25.0 Å². The number of nitrogens with one attached hydrogen (secondary N) is 2. The molecule has 8 nitrogen and oxygen atoms in total. The number of hydrogen-bond donors (Lipinski definition) is 3. The van der Waals surface area contributed by atoms with E-state index in [1.54, 1.807) is 12.1 Å². The molecule has 1 fully saturated rings.